The summed E-state index contributed by atoms with van der Waals surface area (Å²) in [6, 6.07) is 5.64. The van der Waals surface area contributed by atoms with Crippen molar-refractivity contribution < 1.29 is 4.74 Å². The predicted octanol–water partition coefficient (Wildman–Crippen LogP) is 1.69. The van der Waals surface area contributed by atoms with Gasteiger partial charge in [-0.25, -0.2) is 0 Å². The maximum atomic E-state index is 7.22. The fourth-order valence-corrected chi connectivity index (χ4v) is 1.30. The van der Waals surface area contributed by atoms with Crippen LogP contribution in [0.2, 0.25) is 0 Å². The van der Waals surface area contributed by atoms with Crippen LogP contribution >= 0.6 is 0 Å². The summed E-state index contributed by atoms with van der Waals surface area (Å²) < 4.78 is 5.23. The van der Waals surface area contributed by atoms with Gasteiger partial charge in [-0.1, -0.05) is 0 Å². The van der Waals surface area contributed by atoms with Crippen LogP contribution in [0.3, 0.4) is 0 Å². The molecule has 0 aliphatic heterocycles. The summed E-state index contributed by atoms with van der Waals surface area (Å²) in [5.74, 6) is 0.696. The summed E-state index contributed by atoms with van der Waals surface area (Å²) in [5, 5.41) is 10.2. The Labute approximate surface area is 89.3 Å². The van der Waals surface area contributed by atoms with Crippen LogP contribution in [0.1, 0.15) is 5.56 Å². The fourth-order valence-electron chi connectivity index (χ4n) is 1.30. The molecule has 15 heavy (non-hydrogen) atoms. The highest BCUT2D eigenvalue weighted by Gasteiger charge is 2.06. The van der Waals surface area contributed by atoms with Crippen molar-refractivity contribution in [1.29, 1.82) is 5.41 Å². The summed E-state index contributed by atoms with van der Waals surface area (Å²) in [5.41, 5.74) is 7.83. The molecule has 0 unspecified atom stereocenters. The number of rotatable bonds is 4. The monoisotopic (exact) mass is 205 g/mol. The number of allylic oxidation sites excluding steroid dienone is 1. The highest BCUT2D eigenvalue weighted by molar-refractivity contribution is 6.09. The largest absolute Gasteiger partial charge is 0.496 e. The van der Waals surface area contributed by atoms with Crippen LogP contribution in [0.15, 0.2) is 24.4 Å². The molecular formula is C11H15N3O. The normalized spacial score (nSPS) is 10.9. The van der Waals surface area contributed by atoms with E-state index in [1.54, 1.807) is 7.11 Å². The molecule has 0 atom stereocenters. The first kappa shape index (κ1) is 11.1. The van der Waals surface area contributed by atoms with Gasteiger partial charge in [0.1, 0.15) is 5.75 Å². The topological polar surface area (TPSA) is 71.1 Å². The van der Waals surface area contributed by atoms with E-state index in [-0.39, 0.29) is 0 Å². The van der Waals surface area contributed by atoms with Gasteiger partial charge in [0.25, 0.3) is 0 Å². The van der Waals surface area contributed by atoms with Gasteiger partial charge in [-0.15, -0.1) is 0 Å². The van der Waals surface area contributed by atoms with E-state index in [0.29, 0.717) is 11.3 Å². The Morgan fingerprint density at radius 2 is 2.27 bits per heavy atom. The lowest BCUT2D eigenvalue weighted by atomic mass is 10.1. The van der Waals surface area contributed by atoms with Crippen LogP contribution in [0.25, 0.3) is 5.57 Å². The van der Waals surface area contributed by atoms with Crippen LogP contribution in [-0.2, 0) is 0 Å². The van der Waals surface area contributed by atoms with Gasteiger partial charge >= 0.3 is 0 Å². The van der Waals surface area contributed by atoms with Gasteiger partial charge < -0.3 is 21.2 Å². The van der Waals surface area contributed by atoms with Crippen LogP contribution in [0.5, 0.6) is 5.75 Å². The van der Waals surface area contributed by atoms with Crippen molar-refractivity contribution in [1.82, 2.24) is 0 Å². The van der Waals surface area contributed by atoms with E-state index < -0.39 is 0 Å². The van der Waals surface area contributed by atoms with Crippen molar-refractivity contribution in [3.8, 4) is 5.75 Å². The highest BCUT2D eigenvalue weighted by Crippen LogP contribution is 2.27. The van der Waals surface area contributed by atoms with Crippen molar-refractivity contribution in [2.24, 2.45) is 5.73 Å². The minimum atomic E-state index is 0.634. The Morgan fingerprint density at radius 1 is 1.53 bits per heavy atom. The van der Waals surface area contributed by atoms with E-state index in [9.17, 15) is 0 Å². The zero-order valence-electron chi connectivity index (χ0n) is 8.87. The Hall–Kier alpha value is -1.97. The second kappa shape index (κ2) is 5.05. The van der Waals surface area contributed by atoms with Crippen molar-refractivity contribution in [3.63, 3.8) is 0 Å². The third kappa shape index (κ3) is 2.28. The van der Waals surface area contributed by atoms with Crippen molar-refractivity contribution >= 4 is 17.5 Å². The van der Waals surface area contributed by atoms with Gasteiger partial charge in [-0.3, -0.25) is 0 Å². The summed E-state index contributed by atoms with van der Waals surface area (Å²) in [6.07, 6.45) is 2.60. The molecule has 0 heterocycles. The van der Waals surface area contributed by atoms with Gasteiger partial charge in [0, 0.05) is 42.4 Å². The third-order valence-corrected chi connectivity index (χ3v) is 2.14. The summed E-state index contributed by atoms with van der Waals surface area (Å²) in [6.45, 7) is 0. The van der Waals surface area contributed by atoms with Crippen LogP contribution in [0.4, 0.5) is 5.69 Å². The lowest BCUT2D eigenvalue weighted by Crippen LogP contribution is -1.97. The first-order chi connectivity index (χ1) is 7.26. The van der Waals surface area contributed by atoms with E-state index >= 15 is 0 Å². The molecule has 0 amide bonds. The molecule has 0 aromatic heterocycles. The standard InChI is InChI=1S/C11H15N3O/c1-14-9-3-4-10(8(6-12)7-13)11(5-9)15-2/h3-7,12,14H,13H2,1-2H3/b8-7+,12-6?. The Balaban J connectivity index is 3.24. The molecule has 0 aliphatic rings. The van der Waals surface area contributed by atoms with Gasteiger partial charge in [0.05, 0.1) is 7.11 Å². The van der Waals surface area contributed by atoms with Gasteiger partial charge in [-0.2, -0.15) is 0 Å². The number of ether oxygens (including phenoxy) is 1. The highest BCUT2D eigenvalue weighted by atomic mass is 16.5. The molecule has 0 bridgehead atoms. The first-order valence-electron chi connectivity index (χ1n) is 4.55. The quantitative estimate of drug-likeness (QED) is 0.655. The maximum absolute atomic E-state index is 7.22. The van der Waals surface area contributed by atoms with Gasteiger partial charge in [0.2, 0.25) is 0 Å². The number of nitrogens with one attached hydrogen (secondary N) is 2. The minimum Gasteiger partial charge on any atom is -0.496 e. The molecule has 1 rings (SSSR count). The van der Waals surface area contributed by atoms with Gasteiger partial charge in [0.15, 0.2) is 0 Å². The predicted molar refractivity (Wildman–Crippen MR) is 63.5 cm³/mol. The SMILES string of the molecule is CNc1ccc(/C(C=N)=C/N)c(OC)c1. The van der Waals surface area contributed by atoms with Gasteiger partial charge in [-0.05, 0) is 12.1 Å². The molecule has 0 radical (unpaired) electrons. The number of methoxy groups -OCH3 is 1. The molecular weight excluding hydrogens is 190 g/mol. The molecule has 4 nitrogen and oxygen atoms in total. The van der Waals surface area contributed by atoms with E-state index in [1.807, 2.05) is 25.2 Å². The fraction of sp³-hybridized carbons (Fsp3) is 0.182. The molecule has 80 valence electrons. The number of anilines is 1. The Bertz CT molecular complexity index is 385. The number of hydrogen-bond acceptors (Lipinski definition) is 4. The van der Waals surface area contributed by atoms with E-state index in [2.05, 4.69) is 5.32 Å². The zero-order chi connectivity index (χ0) is 11.3. The third-order valence-electron chi connectivity index (χ3n) is 2.14. The molecule has 1 aromatic carbocycles. The maximum Gasteiger partial charge on any atom is 0.128 e. The Morgan fingerprint density at radius 3 is 2.73 bits per heavy atom. The van der Waals surface area contributed by atoms with Crippen LogP contribution in [0, 0.1) is 5.41 Å². The number of hydrogen-bond donors (Lipinski definition) is 3. The minimum absolute atomic E-state index is 0.634. The molecule has 0 spiro atoms. The number of benzene rings is 1. The van der Waals surface area contributed by atoms with E-state index in [0.717, 1.165) is 11.3 Å². The van der Waals surface area contributed by atoms with Crippen molar-refractivity contribution in [2.75, 3.05) is 19.5 Å². The average molecular weight is 205 g/mol. The van der Waals surface area contributed by atoms with Crippen molar-refractivity contribution in [2.45, 2.75) is 0 Å². The molecule has 0 aliphatic carbocycles. The number of nitrogens with two attached hydrogens (primary N) is 1. The molecule has 0 saturated heterocycles. The molecule has 0 fully saturated rings. The summed E-state index contributed by atoms with van der Waals surface area (Å²) in [4.78, 5) is 0. The second-order valence-corrected chi connectivity index (χ2v) is 2.93. The second-order valence-electron chi connectivity index (χ2n) is 2.93. The Kier molecular flexibility index (Phi) is 3.74. The molecule has 4 N–H and O–H groups in total. The average Bonchev–Trinajstić information content (AvgIpc) is 2.31. The smallest absolute Gasteiger partial charge is 0.128 e. The van der Waals surface area contributed by atoms with E-state index in [1.165, 1.54) is 12.4 Å². The molecule has 1 aromatic rings. The van der Waals surface area contributed by atoms with Crippen LogP contribution in [-0.4, -0.2) is 20.4 Å². The lowest BCUT2D eigenvalue weighted by Gasteiger charge is -2.10. The summed E-state index contributed by atoms with van der Waals surface area (Å²) in [7, 11) is 3.43. The zero-order valence-corrected chi connectivity index (χ0v) is 8.87. The summed E-state index contributed by atoms with van der Waals surface area (Å²) >= 11 is 0. The van der Waals surface area contributed by atoms with Crippen molar-refractivity contribution in [3.05, 3.63) is 30.0 Å². The lowest BCUT2D eigenvalue weighted by molar-refractivity contribution is 0.414. The van der Waals surface area contributed by atoms with Crippen LogP contribution < -0.4 is 15.8 Å². The van der Waals surface area contributed by atoms with E-state index in [4.69, 9.17) is 15.9 Å². The molecule has 0 saturated carbocycles. The molecule has 4 heteroatoms. The first-order valence-corrected chi connectivity index (χ1v) is 4.55.